The molecule has 2 saturated heterocycles. The monoisotopic (exact) mass is 280 g/mol. The van der Waals surface area contributed by atoms with Gasteiger partial charge >= 0.3 is 0 Å². The van der Waals surface area contributed by atoms with Crippen molar-refractivity contribution in [1.82, 2.24) is 15.0 Å². The third-order valence-electron chi connectivity index (χ3n) is 4.07. The lowest BCUT2D eigenvalue weighted by atomic mass is 9.96. The first-order chi connectivity index (χ1) is 9.72. The fourth-order valence-electron chi connectivity index (χ4n) is 2.88. The zero-order valence-electron chi connectivity index (χ0n) is 11.5. The summed E-state index contributed by atoms with van der Waals surface area (Å²) in [5.41, 5.74) is 5.21. The quantitative estimate of drug-likeness (QED) is 0.849. The summed E-state index contributed by atoms with van der Waals surface area (Å²) in [5.74, 6) is 1.80. The topological polar surface area (TPSA) is 94.5 Å². The normalized spacial score (nSPS) is 25.1. The fourth-order valence-corrected chi connectivity index (χ4v) is 2.88. The van der Waals surface area contributed by atoms with Crippen LogP contribution in [0.25, 0.3) is 0 Å². The average molecular weight is 280 g/mol. The first-order valence-corrected chi connectivity index (χ1v) is 7.14. The molecule has 20 heavy (non-hydrogen) atoms. The van der Waals surface area contributed by atoms with E-state index in [9.17, 15) is 4.79 Å². The van der Waals surface area contributed by atoms with E-state index in [1.54, 1.807) is 0 Å². The Labute approximate surface area is 117 Å². The van der Waals surface area contributed by atoms with Crippen molar-refractivity contribution in [3.63, 3.8) is 0 Å². The molecule has 7 heteroatoms. The van der Waals surface area contributed by atoms with E-state index in [-0.39, 0.29) is 11.8 Å². The molecule has 2 aliphatic rings. The smallest absolute Gasteiger partial charge is 0.231 e. The van der Waals surface area contributed by atoms with Gasteiger partial charge in [0.25, 0.3) is 0 Å². The molecular weight excluding hydrogens is 260 g/mol. The van der Waals surface area contributed by atoms with Crippen molar-refractivity contribution >= 4 is 5.91 Å². The fraction of sp³-hybridized carbons (Fsp3) is 0.769. The number of primary amides is 1. The second-order valence-corrected chi connectivity index (χ2v) is 5.57. The van der Waals surface area contributed by atoms with Gasteiger partial charge < -0.3 is 15.0 Å². The number of amides is 1. The van der Waals surface area contributed by atoms with E-state index >= 15 is 0 Å². The van der Waals surface area contributed by atoms with Crippen molar-refractivity contribution < 1.29 is 14.1 Å². The summed E-state index contributed by atoms with van der Waals surface area (Å²) >= 11 is 0. The van der Waals surface area contributed by atoms with Crippen LogP contribution in [0.2, 0.25) is 0 Å². The molecule has 110 valence electrons. The van der Waals surface area contributed by atoms with Crippen LogP contribution in [0.15, 0.2) is 4.52 Å². The van der Waals surface area contributed by atoms with Crippen molar-refractivity contribution in [3.8, 4) is 0 Å². The molecule has 0 unspecified atom stereocenters. The summed E-state index contributed by atoms with van der Waals surface area (Å²) < 4.78 is 10.8. The van der Waals surface area contributed by atoms with Gasteiger partial charge in [-0.3, -0.25) is 9.69 Å². The highest BCUT2D eigenvalue weighted by molar-refractivity contribution is 5.75. The molecular formula is C13H20N4O3. The Kier molecular flexibility index (Phi) is 3.98. The summed E-state index contributed by atoms with van der Waals surface area (Å²) in [6.45, 7) is 3.49. The summed E-state index contributed by atoms with van der Waals surface area (Å²) in [7, 11) is 0. The lowest BCUT2D eigenvalue weighted by Gasteiger charge is -2.29. The van der Waals surface area contributed by atoms with Gasteiger partial charge in [0.2, 0.25) is 11.8 Å². The van der Waals surface area contributed by atoms with Gasteiger partial charge in [-0.1, -0.05) is 5.16 Å². The molecule has 3 heterocycles. The van der Waals surface area contributed by atoms with Crippen LogP contribution in [0.1, 0.15) is 42.8 Å². The molecule has 7 nitrogen and oxygen atoms in total. The molecule has 2 N–H and O–H groups in total. The molecule has 0 aliphatic carbocycles. The Hall–Kier alpha value is -1.47. The average Bonchev–Trinajstić information content (AvgIpc) is 3.10. The number of ether oxygens (including phenoxy) is 1. The van der Waals surface area contributed by atoms with Crippen molar-refractivity contribution in [2.45, 2.75) is 31.1 Å². The number of carbonyl (C=O) groups excluding carboxylic acids is 1. The number of hydrogen-bond donors (Lipinski definition) is 1. The highest BCUT2D eigenvalue weighted by Gasteiger charge is 2.28. The van der Waals surface area contributed by atoms with Gasteiger partial charge in [-0.05, 0) is 32.4 Å². The lowest BCUT2D eigenvalue weighted by Crippen LogP contribution is -2.39. The summed E-state index contributed by atoms with van der Waals surface area (Å²) in [4.78, 5) is 17.5. The van der Waals surface area contributed by atoms with Crippen LogP contribution in [0.3, 0.4) is 0 Å². The third kappa shape index (κ3) is 2.99. The molecule has 0 bridgehead atoms. The molecule has 1 atom stereocenters. The number of piperidine rings is 1. The van der Waals surface area contributed by atoms with Gasteiger partial charge in [0.15, 0.2) is 5.82 Å². The number of likely N-dealkylation sites (tertiary alicyclic amines) is 1. The molecule has 2 aliphatic heterocycles. The van der Waals surface area contributed by atoms with Crippen LogP contribution in [0.5, 0.6) is 0 Å². The predicted molar refractivity (Wildman–Crippen MR) is 70.1 cm³/mol. The molecule has 1 amide bonds. The predicted octanol–water partition coefficient (Wildman–Crippen LogP) is 0.238. The van der Waals surface area contributed by atoms with Gasteiger partial charge in [0.05, 0.1) is 13.2 Å². The number of hydrogen-bond acceptors (Lipinski definition) is 6. The summed E-state index contributed by atoms with van der Waals surface area (Å²) in [6.07, 6.45) is 2.82. The van der Waals surface area contributed by atoms with Crippen LogP contribution in [0.4, 0.5) is 0 Å². The van der Waals surface area contributed by atoms with Gasteiger partial charge in [0, 0.05) is 18.4 Å². The Morgan fingerprint density at radius 1 is 1.30 bits per heavy atom. The molecule has 0 aromatic carbocycles. The van der Waals surface area contributed by atoms with Gasteiger partial charge in [-0.25, -0.2) is 0 Å². The molecule has 0 spiro atoms. The van der Waals surface area contributed by atoms with Crippen molar-refractivity contribution in [2.24, 2.45) is 5.73 Å². The zero-order chi connectivity index (χ0) is 13.9. The van der Waals surface area contributed by atoms with E-state index in [2.05, 4.69) is 15.0 Å². The largest absolute Gasteiger partial charge is 0.381 e. The van der Waals surface area contributed by atoms with Crippen LogP contribution in [0, 0.1) is 0 Å². The van der Waals surface area contributed by atoms with Crippen LogP contribution in [-0.4, -0.2) is 53.8 Å². The van der Waals surface area contributed by atoms with Crippen LogP contribution >= 0.6 is 0 Å². The molecule has 0 saturated carbocycles. The number of carbonyl (C=O) groups is 1. The van der Waals surface area contributed by atoms with Crippen LogP contribution < -0.4 is 5.73 Å². The minimum absolute atomic E-state index is 0.273. The lowest BCUT2D eigenvalue weighted by molar-refractivity contribution is -0.119. The highest BCUT2D eigenvalue weighted by atomic mass is 16.5. The molecule has 1 aromatic heterocycles. The Bertz CT molecular complexity index is 462. The third-order valence-corrected chi connectivity index (χ3v) is 4.07. The van der Waals surface area contributed by atoms with Crippen molar-refractivity contribution in [1.29, 1.82) is 0 Å². The van der Waals surface area contributed by atoms with Gasteiger partial charge in [0.1, 0.15) is 0 Å². The molecule has 1 aromatic rings. The Balaban J connectivity index is 1.56. The number of nitrogens with two attached hydrogens (primary N) is 1. The summed E-state index contributed by atoms with van der Waals surface area (Å²) in [5, 5.41) is 4.09. The van der Waals surface area contributed by atoms with Crippen molar-refractivity contribution in [3.05, 3.63) is 11.7 Å². The number of aromatic nitrogens is 2. The summed E-state index contributed by atoms with van der Waals surface area (Å²) in [6, 6.07) is 0. The minimum atomic E-state index is -0.273. The number of nitrogens with zero attached hydrogens (tertiary/aromatic N) is 3. The minimum Gasteiger partial charge on any atom is -0.381 e. The molecule has 2 fully saturated rings. The first-order valence-electron chi connectivity index (χ1n) is 7.14. The highest BCUT2D eigenvalue weighted by Crippen LogP contribution is 2.29. The van der Waals surface area contributed by atoms with E-state index in [4.69, 9.17) is 15.0 Å². The number of rotatable bonds is 4. The maximum atomic E-state index is 10.9. The van der Waals surface area contributed by atoms with E-state index < -0.39 is 0 Å². The van der Waals surface area contributed by atoms with Crippen molar-refractivity contribution in [2.75, 3.05) is 32.8 Å². The maximum absolute atomic E-state index is 10.9. The van der Waals surface area contributed by atoms with E-state index in [1.807, 2.05) is 0 Å². The van der Waals surface area contributed by atoms with Crippen LogP contribution in [-0.2, 0) is 9.53 Å². The molecule has 3 rings (SSSR count). The second-order valence-electron chi connectivity index (χ2n) is 5.57. The zero-order valence-corrected chi connectivity index (χ0v) is 11.5. The van der Waals surface area contributed by atoms with Gasteiger partial charge in [-0.15, -0.1) is 0 Å². The first kappa shape index (κ1) is 13.5. The molecule has 0 radical (unpaired) electrons. The Morgan fingerprint density at radius 2 is 2.10 bits per heavy atom. The Morgan fingerprint density at radius 3 is 2.75 bits per heavy atom. The van der Waals surface area contributed by atoms with E-state index in [1.165, 1.54) is 0 Å². The standard InChI is InChI=1S/C13H20N4O3/c14-11(18)7-17-4-1-9(2-5-17)13-15-12(16-20-13)10-3-6-19-8-10/h9-10H,1-8H2,(H2,14,18)/t10-/m0/s1. The van der Waals surface area contributed by atoms with E-state index in [0.29, 0.717) is 19.1 Å². The van der Waals surface area contributed by atoms with Gasteiger partial charge in [-0.2, -0.15) is 4.98 Å². The SMILES string of the molecule is NC(=O)CN1CCC(c2nc([C@H]3CCOC3)no2)CC1. The second kappa shape index (κ2) is 5.88. The maximum Gasteiger partial charge on any atom is 0.231 e. The van der Waals surface area contributed by atoms with E-state index in [0.717, 1.165) is 50.7 Å².